The number of nitrogens with one attached hydrogen (secondary N) is 1. The second-order valence-electron chi connectivity index (χ2n) is 7.86. The molecule has 31 heavy (non-hydrogen) atoms. The highest BCUT2D eigenvalue weighted by Gasteiger charge is 2.16. The fourth-order valence-electron chi connectivity index (χ4n) is 3.98. The maximum Gasteiger partial charge on any atom is 0.156 e. The van der Waals surface area contributed by atoms with E-state index in [4.69, 9.17) is 0 Å². The summed E-state index contributed by atoms with van der Waals surface area (Å²) in [7, 11) is 0. The summed E-state index contributed by atoms with van der Waals surface area (Å²) in [4.78, 5) is 4.80. The molecule has 0 aliphatic carbocycles. The van der Waals surface area contributed by atoms with Gasteiger partial charge in [0.25, 0.3) is 0 Å². The molecule has 0 bridgehead atoms. The number of rotatable bonds is 6. The number of allylic oxidation sites excluding steroid dienone is 1. The third-order valence-corrected chi connectivity index (χ3v) is 6.07. The molecule has 0 amide bonds. The molecule has 1 saturated heterocycles. The summed E-state index contributed by atoms with van der Waals surface area (Å²) in [5, 5.41) is 23.6. The Kier molecular flexibility index (Phi) is 7.43. The molecule has 1 fully saturated rings. The second-order valence-corrected chi connectivity index (χ2v) is 7.86. The fraction of sp³-hybridized carbons (Fsp3) is 0.400. The van der Waals surface area contributed by atoms with Crippen molar-refractivity contribution in [3.8, 4) is 6.07 Å². The van der Waals surface area contributed by atoms with Gasteiger partial charge in [-0.2, -0.15) is 10.4 Å². The van der Waals surface area contributed by atoms with Gasteiger partial charge in [-0.3, -0.25) is 0 Å². The molecular formula is C25H32N6. The summed E-state index contributed by atoms with van der Waals surface area (Å²) in [6, 6.07) is 8.05. The first-order valence-corrected chi connectivity index (χ1v) is 10.9. The smallest absolute Gasteiger partial charge is 0.156 e. The van der Waals surface area contributed by atoms with Crippen LogP contribution in [0.4, 0.5) is 5.82 Å². The lowest BCUT2D eigenvalue weighted by Crippen LogP contribution is -2.45. The van der Waals surface area contributed by atoms with Crippen molar-refractivity contribution in [2.45, 2.75) is 34.2 Å². The van der Waals surface area contributed by atoms with Crippen molar-refractivity contribution in [2.24, 2.45) is 0 Å². The number of aryl methyl sites for hydroxylation is 1. The van der Waals surface area contributed by atoms with E-state index in [2.05, 4.69) is 57.0 Å². The zero-order valence-corrected chi connectivity index (χ0v) is 19.1. The number of hydrogen-bond acceptors (Lipinski definition) is 6. The van der Waals surface area contributed by atoms with E-state index >= 15 is 0 Å². The van der Waals surface area contributed by atoms with Crippen LogP contribution in [0.15, 0.2) is 30.5 Å². The number of aromatic nitrogens is 2. The maximum atomic E-state index is 9.31. The number of hydrogen-bond donors (Lipinski definition) is 1. The first-order valence-electron chi connectivity index (χ1n) is 10.9. The number of nitrogens with zero attached hydrogens (tertiary/aromatic N) is 5. The van der Waals surface area contributed by atoms with Crippen LogP contribution in [0.25, 0.3) is 12.2 Å². The maximum absolute atomic E-state index is 9.31. The molecule has 6 heteroatoms. The van der Waals surface area contributed by atoms with Crippen molar-refractivity contribution in [3.05, 3.63) is 63.3 Å². The lowest BCUT2D eigenvalue weighted by atomic mass is 10.0. The van der Waals surface area contributed by atoms with Gasteiger partial charge < -0.3 is 15.1 Å². The van der Waals surface area contributed by atoms with Crippen molar-refractivity contribution in [1.29, 1.82) is 5.26 Å². The van der Waals surface area contributed by atoms with E-state index < -0.39 is 0 Å². The molecule has 0 atom stereocenters. The zero-order valence-electron chi connectivity index (χ0n) is 19.1. The Labute approximate surface area is 185 Å². The van der Waals surface area contributed by atoms with Gasteiger partial charge in [0.1, 0.15) is 0 Å². The van der Waals surface area contributed by atoms with Crippen LogP contribution in [-0.4, -0.2) is 52.7 Å². The Balaban J connectivity index is 1.91. The molecule has 1 aromatic carbocycles. The van der Waals surface area contributed by atoms with Crippen LogP contribution >= 0.6 is 0 Å². The molecule has 2 heterocycles. The highest BCUT2D eigenvalue weighted by atomic mass is 15.3. The Morgan fingerprint density at radius 2 is 1.94 bits per heavy atom. The molecule has 3 rings (SSSR count). The van der Waals surface area contributed by atoms with Crippen molar-refractivity contribution in [3.63, 3.8) is 0 Å². The van der Waals surface area contributed by atoms with Gasteiger partial charge in [-0.15, -0.1) is 5.10 Å². The topological polar surface area (TPSA) is 68.1 Å². The van der Waals surface area contributed by atoms with Crippen LogP contribution < -0.4 is 15.8 Å². The minimum atomic E-state index is 0.574. The van der Waals surface area contributed by atoms with Gasteiger partial charge in [0, 0.05) is 48.9 Å². The molecule has 1 aliphatic heterocycles. The first kappa shape index (κ1) is 22.5. The summed E-state index contributed by atoms with van der Waals surface area (Å²) < 4.78 is 0. The molecule has 0 spiro atoms. The third-order valence-electron chi connectivity index (χ3n) is 6.07. The van der Waals surface area contributed by atoms with Gasteiger partial charge in [0.15, 0.2) is 5.82 Å². The second kappa shape index (κ2) is 10.2. The van der Waals surface area contributed by atoms with Gasteiger partial charge in [0.2, 0.25) is 0 Å². The Hall–Kier alpha value is -3.17. The van der Waals surface area contributed by atoms with E-state index in [1.165, 1.54) is 0 Å². The number of benzene rings is 1. The standard InChI is InChI=1S/C25H32N6/c1-6-23-20(5)28-29-25(27-17-22-10-8-9-21(16-26)19(22)4)24(23)15-18(3)31-13-11-30(7-2)12-14-31/h6,8-10,15H,3,7,11-14,17H2,1-2,4-5H3,(H,27,29)/b23-6-,24-15+. The van der Waals surface area contributed by atoms with Crippen LogP contribution in [-0.2, 0) is 6.54 Å². The summed E-state index contributed by atoms with van der Waals surface area (Å²) in [6.07, 6.45) is 4.20. The molecule has 1 aliphatic rings. The normalized spacial score (nSPS) is 15.8. The minimum absolute atomic E-state index is 0.574. The minimum Gasteiger partial charge on any atom is -0.369 e. The monoisotopic (exact) mass is 416 g/mol. The van der Waals surface area contributed by atoms with Crippen molar-refractivity contribution < 1.29 is 0 Å². The summed E-state index contributed by atoms with van der Waals surface area (Å²) in [5.74, 6) is 0.730. The SMILES string of the molecule is C=C(/C=c1/c(NCc2cccc(C#N)c2C)nnc(C)/c1=C/C)N1CCN(CC)CC1. The van der Waals surface area contributed by atoms with Gasteiger partial charge in [0.05, 0.1) is 17.3 Å². The fourth-order valence-corrected chi connectivity index (χ4v) is 3.98. The average molecular weight is 417 g/mol. The van der Waals surface area contributed by atoms with Gasteiger partial charge in [-0.05, 0) is 50.6 Å². The zero-order chi connectivity index (χ0) is 22.4. The Morgan fingerprint density at radius 3 is 2.58 bits per heavy atom. The molecule has 0 unspecified atom stereocenters. The predicted molar refractivity (Wildman–Crippen MR) is 127 cm³/mol. The Morgan fingerprint density at radius 1 is 1.19 bits per heavy atom. The van der Waals surface area contributed by atoms with Crippen LogP contribution in [0.2, 0.25) is 0 Å². The van der Waals surface area contributed by atoms with E-state index in [0.29, 0.717) is 12.1 Å². The summed E-state index contributed by atoms with van der Waals surface area (Å²) in [6.45, 7) is 18.3. The van der Waals surface area contributed by atoms with E-state index in [-0.39, 0.29) is 0 Å². The molecule has 1 aromatic heterocycles. The summed E-state index contributed by atoms with van der Waals surface area (Å²) >= 11 is 0. The molecule has 2 aromatic rings. The van der Waals surface area contributed by atoms with Gasteiger partial charge in [-0.25, -0.2) is 0 Å². The van der Waals surface area contributed by atoms with Crippen molar-refractivity contribution in [1.82, 2.24) is 20.0 Å². The number of anilines is 1. The highest BCUT2D eigenvalue weighted by molar-refractivity contribution is 5.54. The average Bonchev–Trinajstić information content (AvgIpc) is 2.79. The molecule has 0 saturated carbocycles. The number of piperazine rings is 1. The first-order chi connectivity index (χ1) is 15.0. The largest absolute Gasteiger partial charge is 0.369 e. The predicted octanol–water partition coefficient (Wildman–Crippen LogP) is 2.31. The van der Waals surface area contributed by atoms with Crippen LogP contribution in [0.3, 0.4) is 0 Å². The third kappa shape index (κ3) is 5.12. The lowest BCUT2D eigenvalue weighted by molar-refractivity contribution is 0.170. The van der Waals surface area contributed by atoms with E-state index in [0.717, 1.165) is 71.5 Å². The van der Waals surface area contributed by atoms with Crippen LogP contribution in [0.5, 0.6) is 0 Å². The van der Waals surface area contributed by atoms with Gasteiger partial charge >= 0.3 is 0 Å². The molecule has 162 valence electrons. The molecule has 1 N–H and O–H groups in total. The van der Waals surface area contributed by atoms with Crippen LogP contribution in [0.1, 0.15) is 36.2 Å². The lowest BCUT2D eigenvalue weighted by Gasteiger charge is -2.35. The quantitative estimate of drug-likeness (QED) is 0.779. The molecule has 0 radical (unpaired) electrons. The summed E-state index contributed by atoms with van der Waals surface area (Å²) in [5.41, 5.74) is 4.65. The number of likely N-dealkylation sites (N-methyl/N-ethyl adjacent to an activating group) is 1. The molecule has 6 nitrogen and oxygen atoms in total. The Bertz CT molecular complexity index is 1100. The van der Waals surface area contributed by atoms with E-state index in [1.807, 2.05) is 39.0 Å². The van der Waals surface area contributed by atoms with Gasteiger partial charge in [-0.1, -0.05) is 31.7 Å². The van der Waals surface area contributed by atoms with E-state index in [1.54, 1.807) is 0 Å². The number of nitriles is 1. The highest BCUT2D eigenvalue weighted by Crippen LogP contribution is 2.14. The van der Waals surface area contributed by atoms with Crippen LogP contribution in [0, 0.1) is 25.2 Å². The van der Waals surface area contributed by atoms with E-state index in [9.17, 15) is 5.26 Å². The molecular weight excluding hydrogens is 384 g/mol. The van der Waals surface area contributed by atoms with Crippen molar-refractivity contribution in [2.75, 3.05) is 38.0 Å². The van der Waals surface area contributed by atoms with Crippen molar-refractivity contribution >= 4 is 18.0 Å².